The summed E-state index contributed by atoms with van der Waals surface area (Å²) in [5.74, 6) is -0.431. The second kappa shape index (κ2) is 6.04. The Morgan fingerprint density at radius 3 is 2.91 bits per heavy atom. The number of nitro groups is 1. The molecule has 118 valence electrons. The second-order valence-electron chi connectivity index (χ2n) is 5.19. The van der Waals surface area contributed by atoms with Crippen molar-refractivity contribution in [2.24, 2.45) is 0 Å². The van der Waals surface area contributed by atoms with Crippen LogP contribution >= 0.6 is 0 Å². The molecule has 1 amide bonds. The monoisotopic (exact) mass is 316 g/mol. The number of fused-ring (bicyclic) bond motifs is 1. The largest absolute Gasteiger partial charge is 0.493 e. The van der Waals surface area contributed by atoms with Crippen molar-refractivity contribution in [2.75, 3.05) is 11.9 Å². The van der Waals surface area contributed by atoms with Crippen molar-refractivity contribution in [3.05, 3.63) is 63.5 Å². The van der Waals surface area contributed by atoms with E-state index in [-0.39, 0.29) is 18.0 Å². The molecule has 0 atom stereocenters. The van der Waals surface area contributed by atoms with E-state index in [4.69, 9.17) is 4.74 Å². The van der Waals surface area contributed by atoms with E-state index in [9.17, 15) is 19.3 Å². The molecule has 3 rings (SSSR count). The average molecular weight is 316 g/mol. The molecule has 2 aromatic carbocycles. The third-order valence-corrected chi connectivity index (χ3v) is 3.55. The van der Waals surface area contributed by atoms with Crippen LogP contribution in [0, 0.1) is 15.9 Å². The Bertz CT molecular complexity index is 792. The highest BCUT2D eigenvalue weighted by Gasteiger charge is 2.16. The van der Waals surface area contributed by atoms with Crippen LogP contribution in [0.25, 0.3) is 0 Å². The maximum Gasteiger partial charge on any atom is 0.306 e. The van der Waals surface area contributed by atoms with Gasteiger partial charge in [0.2, 0.25) is 11.7 Å². The molecule has 1 heterocycles. The summed E-state index contributed by atoms with van der Waals surface area (Å²) in [6.45, 7) is 0.643. The number of benzene rings is 2. The first-order chi connectivity index (χ1) is 11.0. The Morgan fingerprint density at radius 1 is 1.30 bits per heavy atom. The second-order valence-corrected chi connectivity index (χ2v) is 5.19. The van der Waals surface area contributed by atoms with Crippen LogP contribution in [0.3, 0.4) is 0 Å². The fraction of sp³-hybridized carbons (Fsp3) is 0.188. The van der Waals surface area contributed by atoms with Gasteiger partial charge in [0.05, 0.1) is 18.0 Å². The number of amides is 1. The van der Waals surface area contributed by atoms with Gasteiger partial charge in [-0.3, -0.25) is 14.9 Å². The van der Waals surface area contributed by atoms with Gasteiger partial charge in [-0.1, -0.05) is 12.1 Å². The minimum absolute atomic E-state index is 0.123. The van der Waals surface area contributed by atoms with Gasteiger partial charge in [0.1, 0.15) is 5.75 Å². The van der Waals surface area contributed by atoms with Gasteiger partial charge in [-0.05, 0) is 29.3 Å². The van der Waals surface area contributed by atoms with Crippen molar-refractivity contribution in [3.8, 4) is 5.75 Å². The summed E-state index contributed by atoms with van der Waals surface area (Å²) in [5, 5.41) is 13.2. The lowest BCUT2D eigenvalue weighted by Crippen LogP contribution is -2.14. The summed E-state index contributed by atoms with van der Waals surface area (Å²) >= 11 is 0. The lowest BCUT2D eigenvalue weighted by Gasteiger charge is -2.07. The number of nitrogens with one attached hydrogen (secondary N) is 1. The predicted octanol–water partition coefficient (Wildman–Crippen LogP) is 2.85. The van der Waals surface area contributed by atoms with Gasteiger partial charge in [-0.15, -0.1) is 0 Å². The van der Waals surface area contributed by atoms with Gasteiger partial charge in [0.15, 0.2) is 0 Å². The molecule has 0 unspecified atom stereocenters. The molecule has 6 nitrogen and oxygen atoms in total. The number of hydrogen-bond acceptors (Lipinski definition) is 4. The van der Waals surface area contributed by atoms with Gasteiger partial charge in [-0.2, -0.15) is 4.39 Å². The molecule has 1 aliphatic heterocycles. The highest BCUT2D eigenvalue weighted by molar-refractivity contribution is 5.92. The lowest BCUT2D eigenvalue weighted by molar-refractivity contribution is -0.387. The van der Waals surface area contributed by atoms with E-state index < -0.39 is 16.4 Å². The Balaban J connectivity index is 1.70. The molecule has 2 aromatic rings. The lowest BCUT2D eigenvalue weighted by atomic mass is 10.1. The van der Waals surface area contributed by atoms with Crippen LogP contribution in [0.5, 0.6) is 5.75 Å². The number of ether oxygens (including phenoxy) is 1. The number of carbonyl (C=O) groups excluding carboxylic acids is 1. The molecule has 1 N–H and O–H groups in total. The van der Waals surface area contributed by atoms with Crippen molar-refractivity contribution in [1.29, 1.82) is 0 Å². The number of halogens is 1. The van der Waals surface area contributed by atoms with Crippen LogP contribution < -0.4 is 10.1 Å². The predicted molar refractivity (Wildman–Crippen MR) is 81.0 cm³/mol. The topological polar surface area (TPSA) is 81.5 Å². The molecule has 0 saturated carbocycles. The SMILES string of the molecule is O=C(Cc1ccc2c(c1)CCO2)Nc1ccc(F)c([N+](=O)[O-])c1. The third kappa shape index (κ3) is 3.28. The van der Waals surface area contributed by atoms with Crippen LogP contribution in [0.2, 0.25) is 0 Å². The standard InChI is InChI=1S/C16H13FN2O4/c17-13-3-2-12(9-14(13)19(21)22)18-16(20)8-10-1-4-15-11(7-10)5-6-23-15/h1-4,7,9H,5-6,8H2,(H,18,20). The minimum atomic E-state index is -0.938. The van der Waals surface area contributed by atoms with E-state index in [0.717, 1.165) is 35.4 Å². The molecule has 0 aromatic heterocycles. The highest BCUT2D eigenvalue weighted by atomic mass is 19.1. The normalized spacial score (nSPS) is 12.4. The number of carbonyl (C=O) groups is 1. The first-order valence-corrected chi connectivity index (χ1v) is 7.01. The Hall–Kier alpha value is -2.96. The summed E-state index contributed by atoms with van der Waals surface area (Å²) < 4.78 is 18.7. The molecule has 0 aliphatic carbocycles. The number of nitro benzene ring substituents is 1. The minimum Gasteiger partial charge on any atom is -0.493 e. The molecule has 7 heteroatoms. The van der Waals surface area contributed by atoms with Crippen molar-refractivity contribution in [1.82, 2.24) is 0 Å². The quantitative estimate of drug-likeness (QED) is 0.694. The number of nitrogens with zero attached hydrogens (tertiary/aromatic N) is 1. The molecule has 0 radical (unpaired) electrons. The van der Waals surface area contributed by atoms with Crippen molar-refractivity contribution in [2.45, 2.75) is 12.8 Å². The first-order valence-electron chi connectivity index (χ1n) is 7.01. The van der Waals surface area contributed by atoms with E-state index in [2.05, 4.69) is 5.32 Å². The van der Waals surface area contributed by atoms with E-state index in [1.54, 1.807) is 6.07 Å². The summed E-state index contributed by atoms with van der Waals surface area (Å²) in [6, 6.07) is 8.79. The van der Waals surface area contributed by atoms with E-state index in [0.29, 0.717) is 6.61 Å². The number of hydrogen-bond donors (Lipinski definition) is 1. The molecule has 0 fully saturated rings. The Labute approximate surface area is 131 Å². The van der Waals surface area contributed by atoms with E-state index in [1.807, 2.05) is 12.1 Å². The van der Waals surface area contributed by atoms with Crippen molar-refractivity contribution in [3.63, 3.8) is 0 Å². The zero-order valence-corrected chi connectivity index (χ0v) is 12.0. The molecular formula is C16H13FN2O4. The summed E-state index contributed by atoms with van der Waals surface area (Å²) in [7, 11) is 0. The fourth-order valence-electron chi connectivity index (χ4n) is 2.47. The third-order valence-electron chi connectivity index (χ3n) is 3.55. The van der Waals surface area contributed by atoms with Gasteiger partial charge in [-0.25, -0.2) is 0 Å². The Morgan fingerprint density at radius 2 is 2.13 bits per heavy atom. The maximum atomic E-state index is 13.3. The van der Waals surface area contributed by atoms with E-state index >= 15 is 0 Å². The van der Waals surface area contributed by atoms with Gasteiger partial charge >= 0.3 is 5.69 Å². The Kier molecular flexibility index (Phi) is 3.92. The van der Waals surface area contributed by atoms with Crippen molar-refractivity contribution < 1.29 is 18.8 Å². The molecule has 1 aliphatic rings. The van der Waals surface area contributed by atoms with Gasteiger partial charge in [0.25, 0.3) is 0 Å². The maximum absolute atomic E-state index is 13.3. The summed E-state index contributed by atoms with van der Waals surface area (Å²) in [5.41, 5.74) is 1.40. The smallest absolute Gasteiger partial charge is 0.306 e. The van der Waals surface area contributed by atoms with Crippen LogP contribution in [-0.4, -0.2) is 17.4 Å². The average Bonchev–Trinajstić information content (AvgIpc) is 2.96. The fourth-order valence-corrected chi connectivity index (χ4v) is 2.47. The molecule has 23 heavy (non-hydrogen) atoms. The van der Waals surface area contributed by atoms with Crippen LogP contribution in [0.4, 0.5) is 15.8 Å². The van der Waals surface area contributed by atoms with Gasteiger partial charge < -0.3 is 10.1 Å². The zero-order valence-electron chi connectivity index (χ0n) is 12.0. The van der Waals surface area contributed by atoms with Crippen LogP contribution in [-0.2, 0) is 17.6 Å². The van der Waals surface area contributed by atoms with Crippen molar-refractivity contribution >= 4 is 17.3 Å². The number of anilines is 1. The highest BCUT2D eigenvalue weighted by Crippen LogP contribution is 2.26. The molecule has 0 bridgehead atoms. The summed E-state index contributed by atoms with van der Waals surface area (Å²) in [4.78, 5) is 21.9. The van der Waals surface area contributed by atoms with Crippen LogP contribution in [0.1, 0.15) is 11.1 Å². The molecular weight excluding hydrogens is 303 g/mol. The molecule has 0 saturated heterocycles. The van der Waals surface area contributed by atoms with E-state index in [1.165, 1.54) is 6.07 Å². The first kappa shape index (κ1) is 15.0. The van der Waals surface area contributed by atoms with Gasteiger partial charge in [0, 0.05) is 18.2 Å². The molecule has 0 spiro atoms. The zero-order chi connectivity index (χ0) is 16.4. The van der Waals surface area contributed by atoms with Crippen LogP contribution in [0.15, 0.2) is 36.4 Å². The number of rotatable bonds is 4. The summed E-state index contributed by atoms with van der Waals surface area (Å²) in [6.07, 6.45) is 0.938.